The zero-order chi connectivity index (χ0) is 19.3. The lowest BCUT2D eigenvalue weighted by atomic mass is 10.2. The summed E-state index contributed by atoms with van der Waals surface area (Å²) in [7, 11) is 0. The van der Waals surface area contributed by atoms with Crippen molar-refractivity contribution in [2.75, 3.05) is 11.4 Å². The molecule has 0 saturated heterocycles. The third-order valence-electron chi connectivity index (χ3n) is 4.19. The first kappa shape index (κ1) is 18.4. The summed E-state index contributed by atoms with van der Waals surface area (Å²) in [6, 6.07) is 17.2. The number of halogens is 1. The van der Waals surface area contributed by atoms with E-state index in [-0.39, 0.29) is 5.91 Å². The highest BCUT2D eigenvalue weighted by Gasteiger charge is 2.19. The number of para-hydroxylation sites is 1. The Balaban J connectivity index is 1.63. The van der Waals surface area contributed by atoms with E-state index in [1.165, 1.54) is 11.3 Å². The van der Waals surface area contributed by atoms with Gasteiger partial charge in [-0.3, -0.25) is 14.4 Å². The van der Waals surface area contributed by atoms with Crippen LogP contribution in [0.25, 0.3) is 16.3 Å². The van der Waals surface area contributed by atoms with Crippen molar-refractivity contribution in [3.05, 3.63) is 83.7 Å². The van der Waals surface area contributed by atoms with Crippen molar-refractivity contribution in [2.45, 2.75) is 6.54 Å². The summed E-state index contributed by atoms with van der Waals surface area (Å²) in [5.41, 5.74) is 1.68. The third kappa shape index (κ3) is 4.13. The molecule has 0 spiro atoms. The van der Waals surface area contributed by atoms with Crippen molar-refractivity contribution < 1.29 is 4.79 Å². The maximum absolute atomic E-state index is 13.0. The molecule has 2 aromatic carbocycles. The van der Waals surface area contributed by atoms with Crippen LogP contribution >= 0.6 is 22.9 Å². The number of carbonyl (C=O) groups excluding carboxylic acids is 1. The highest BCUT2D eigenvalue weighted by molar-refractivity contribution is 7.22. The fourth-order valence-corrected chi connectivity index (χ4v) is 4.07. The van der Waals surface area contributed by atoms with Gasteiger partial charge in [0.25, 0.3) is 5.91 Å². The molecule has 28 heavy (non-hydrogen) atoms. The maximum atomic E-state index is 13.0. The molecule has 0 unspecified atom stereocenters. The molecule has 0 bridgehead atoms. The zero-order valence-electron chi connectivity index (χ0n) is 14.9. The van der Waals surface area contributed by atoms with Crippen molar-refractivity contribution in [1.82, 2.24) is 14.8 Å². The van der Waals surface area contributed by atoms with Crippen LogP contribution in [0.5, 0.6) is 0 Å². The Hall–Kier alpha value is -2.96. The second kappa shape index (κ2) is 8.37. The van der Waals surface area contributed by atoms with Crippen LogP contribution in [-0.2, 0) is 11.3 Å². The molecule has 0 N–H and O–H groups in total. The lowest BCUT2D eigenvalue weighted by molar-refractivity contribution is -0.114. The van der Waals surface area contributed by atoms with E-state index in [9.17, 15) is 4.79 Å². The third-order valence-corrected chi connectivity index (χ3v) is 5.53. The number of carbonyl (C=O) groups is 1. The van der Waals surface area contributed by atoms with Crippen molar-refractivity contribution in [1.29, 1.82) is 0 Å². The van der Waals surface area contributed by atoms with Crippen LogP contribution in [0.1, 0.15) is 5.56 Å². The van der Waals surface area contributed by atoms with Gasteiger partial charge in [0, 0.05) is 25.0 Å². The van der Waals surface area contributed by atoms with Crippen LogP contribution in [0, 0.1) is 0 Å². The molecule has 0 atom stereocenters. The lowest BCUT2D eigenvalue weighted by Gasteiger charge is -2.18. The van der Waals surface area contributed by atoms with E-state index in [2.05, 4.69) is 10.1 Å². The molecule has 0 aliphatic rings. The quantitative estimate of drug-likeness (QED) is 0.427. The summed E-state index contributed by atoms with van der Waals surface area (Å²) >= 11 is 7.72. The molecule has 7 heteroatoms. The van der Waals surface area contributed by atoms with Gasteiger partial charge in [-0.25, -0.2) is 4.98 Å². The van der Waals surface area contributed by atoms with Crippen molar-refractivity contribution in [3.63, 3.8) is 0 Å². The van der Waals surface area contributed by atoms with E-state index < -0.39 is 0 Å². The van der Waals surface area contributed by atoms with Crippen LogP contribution in [0.4, 0.5) is 5.13 Å². The van der Waals surface area contributed by atoms with Crippen LogP contribution < -0.4 is 4.90 Å². The Morgan fingerprint density at radius 1 is 1.14 bits per heavy atom. The Morgan fingerprint density at radius 3 is 2.75 bits per heavy atom. The normalized spacial score (nSPS) is 11.3. The standard InChI is InChI=1S/C21H17ClN4OS/c22-17-8-4-9-18-20(17)24-21(28-18)26(15-14-25-13-5-12-23-25)19(27)11-10-16-6-2-1-3-7-16/h1-13H,14-15H2/b11-10+. The summed E-state index contributed by atoms with van der Waals surface area (Å²) in [4.78, 5) is 19.3. The second-order valence-corrected chi connectivity index (χ2v) is 7.50. The summed E-state index contributed by atoms with van der Waals surface area (Å²) in [5.74, 6) is -0.133. The van der Waals surface area contributed by atoms with Crippen molar-refractivity contribution >= 4 is 50.3 Å². The van der Waals surface area contributed by atoms with E-state index in [4.69, 9.17) is 11.6 Å². The van der Waals surface area contributed by atoms with E-state index in [1.54, 1.807) is 27.9 Å². The van der Waals surface area contributed by atoms with Crippen molar-refractivity contribution in [3.8, 4) is 0 Å². The van der Waals surface area contributed by atoms with E-state index in [0.717, 1.165) is 10.3 Å². The van der Waals surface area contributed by atoms with Crippen molar-refractivity contribution in [2.24, 2.45) is 0 Å². The SMILES string of the molecule is O=C(/C=C/c1ccccc1)N(CCn1cccn1)c1nc2c(Cl)cccc2s1. The monoisotopic (exact) mass is 408 g/mol. The second-order valence-electron chi connectivity index (χ2n) is 6.09. The molecule has 2 heterocycles. The topological polar surface area (TPSA) is 51.0 Å². The number of thiazole rings is 1. The first-order valence-corrected chi connectivity index (χ1v) is 9.97. The predicted molar refractivity (Wildman–Crippen MR) is 115 cm³/mol. The van der Waals surface area contributed by atoms with Gasteiger partial charge in [0.15, 0.2) is 5.13 Å². The zero-order valence-corrected chi connectivity index (χ0v) is 16.5. The summed E-state index contributed by atoms with van der Waals surface area (Å²) < 4.78 is 2.74. The first-order chi connectivity index (χ1) is 13.7. The smallest absolute Gasteiger partial charge is 0.252 e. The minimum atomic E-state index is -0.133. The van der Waals surface area contributed by atoms with Gasteiger partial charge in [0.1, 0.15) is 5.52 Å². The number of hydrogen-bond donors (Lipinski definition) is 0. The van der Waals surface area contributed by atoms with E-state index in [0.29, 0.717) is 28.8 Å². The number of anilines is 1. The number of benzene rings is 2. The average Bonchev–Trinajstić information content (AvgIpc) is 3.38. The summed E-state index contributed by atoms with van der Waals surface area (Å²) in [6.07, 6.45) is 6.98. The van der Waals surface area contributed by atoms with Gasteiger partial charge in [-0.05, 0) is 29.8 Å². The van der Waals surface area contributed by atoms with Gasteiger partial charge >= 0.3 is 0 Å². The number of hydrogen-bond acceptors (Lipinski definition) is 4. The molecule has 140 valence electrons. The molecule has 2 aromatic heterocycles. The van der Waals surface area contributed by atoms with Gasteiger partial charge in [-0.2, -0.15) is 5.10 Å². The Morgan fingerprint density at radius 2 is 2.00 bits per heavy atom. The van der Waals surface area contributed by atoms with E-state index in [1.807, 2.05) is 60.8 Å². The molecule has 1 amide bonds. The molecule has 4 aromatic rings. The molecular formula is C21H17ClN4OS. The number of nitrogens with zero attached hydrogens (tertiary/aromatic N) is 4. The van der Waals surface area contributed by atoms with Crippen LogP contribution in [0.3, 0.4) is 0 Å². The molecule has 0 fully saturated rings. The maximum Gasteiger partial charge on any atom is 0.252 e. The minimum absolute atomic E-state index is 0.133. The number of rotatable bonds is 6. The van der Waals surface area contributed by atoms with E-state index >= 15 is 0 Å². The number of amides is 1. The average molecular weight is 409 g/mol. The van der Waals surface area contributed by atoms with Gasteiger partial charge in [0.05, 0.1) is 16.3 Å². The molecule has 0 aliphatic heterocycles. The number of fused-ring (bicyclic) bond motifs is 1. The highest BCUT2D eigenvalue weighted by atomic mass is 35.5. The molecule has 4 rings (SSSR count). The largest absolute Gasteiger partial charge is 0.283 e. The minimum Gasteiger partial charge on any atom is -0.283 e. The number of aromatic nitrogens is 3. The molecule has 0 aliphatic carbocycles. The fourth-order valence-electron chi connectivity index (χ4n) is 2.78. The van der Waals surface area contributed by atoms with Gasteiger partial charge in [-0.1, -0.05) is 59.3 Å². The fraction of sp³-hybridized carbons (Fsp3) is 0.0952. The first-order valence-electron chi connectivity index (χ1n) is 8.78. The molecule has 5 nitrogen and oxygen atoms in total. The summed E-state index contributed by atoms with van der Waals surface area (Å²) in [5, 5.41) is 5.42. The van der Waals surface area contributed by atoms with Crippen LogP contribution in [0.15, 0.2) is 73.1 Å². The Bertz CT molecular complexity index is 1110. The molecular weight excluding hydrogens is 392 g/mol. The summed E-state index contributed by atoms with van der Waals surface area (Å²) in [6.45, 7) is 1.03. The van der Waals surface area contributed by atoms with Gasteiger partial charge < -0.3 is 0 Å². The Kier molecular flexibility index (Phi) is 5.50. The highest BCUT2D eigenvalue weighted by Crippen LogP contribution is 2.33. The molecule has 0 saturated carbocycles. The molecule has 0 radical (unpaired) electrons. The Labute approximate surface area is 171 Å². The van der Waals surface area contributed by atoms with Crippen LogP contribution in [0.2, 0.25) is 5.02 Å². The predicted octanol–water partition coefficient (Wildman–Crippen LogP) is 4.89. The van der Waals surface area contributed by atoms with Crippen LogP contribution in [-0.4, -0.2) is 27.2 Å². The lowest BCUT2D eigenvalue weighted by Crippen LogP contribution is -2.32. The van der Waals surface area contributed by atoms with Gasteiger partial charge in [-0.15, -0.1) is 0 Å². The van der Waals surface area contributed by atoms with Gasteiger partial charge in [0.2, 0.25) is 0 Å².